The van der Waals surface area contributed by atoms with Gasteiger partial charge in [-0.05, 0) is 36.1 Å². The fraction of sp³-hybridized carbons (Fsp3) is 0.562. The summed E-state index contributed by atoms with van der Waals surface area (Å²) in [6.45, 7) is 2.19. The number of amides is 1. The van der Waals surface area contributed by atoms with Gasteiger partial charge in [0, 0.05) is 23.5 Å². The molecule has 3 rings (SSSR count). The normalized spacial score (nSPS) is 22.4. The van der Waals surface area contributed by atoms with Gasteiger partial charge in [0.2, 0.25) is 0 Å². The van der Waals surface area contributed by atoms with Crippen LogP contribution in [0.1, 0.15) is 47.2 Å². The van der Waals surface area contributed by atoms with Gasteiger partial charge in [-0.15, -0.1) is 0 Å². The topological polar surface area (TPSA) is 29.5 Å². The van der Waals surface area contributed by atoms with Crippen LogP contribution in [0.3, 0.4) is 0 Å². The van der Waals surface area contributed by atoms with E-state index in [-0.39, 0.29) is 5.91 Å². The van der Waals surface area contributed by atoms with Crippen molar-refractivity contribution in [1.29, 1.82) is 0 Å². The number of benzene rings is 1. The number of likely N-dealkylation sites (tertiary alicyclic amines) is 1. The fourth-order valence-electron chi connectivity index (χ4n) is 3.08. The molecule has 1 amide bonds. The number of fused-ring (bicyclic) bond motifs is 1. The molecule has 0 aliphatic carbocycles. The van der Waals surface area contributed by atoms with Gasteiger partial charge in [-0.3, -0.25) is 4.79 Å². The molecule has 1 aromatic rings. The molecule has 2 aliphatic rings. The molecule has 1 aromatic carbocycles. The number of ether oxygens (including phenoxy) is 1. The van der Waals surface area contributed by atoms with Crippen LogP contribution in [0.2, 0.25) is 0 Å². The van der Waals surface area contributed by atoms with E-state index in [1.54, 1.807) is 0 Å². The number of alkyl halides is 1. The Labute approximate surface area is 128 Å². The first-order valence-corrected chi connectivity index (χ1v) is 8.48. The Morgan fingerprint density at radius 1 is 1.25 bits per heavy atom. The molecular weight excluding hydrogens is 318 g/mol. The number of rotatable bonds is 2. The van der Waals surface area contributed by atoms with Crippen LogP contribution >= 0.6 is 15.9 Å². The van der Waals surface area contributed by atoms with Gasteiger partial charge in [-0.1, -0.05) is 34.8 Å². The first kappa shape index (κ1) is 14.1. The summed E-state index contributed by atoms with van der Waals surface area (Å²) in [6.07, 6.45) is 4.66. The van der Waals surface area contributed by atoms with Crippen LogP contribution in [-0.4, -0.2) is 28.7 Å². The molecule has 0 N–H and O–H groups in total. The second kappa shape index (κ2) is 6.27. The molecule has 1 fully saturated rings. The third-order valence-electron chi connectivity index (χ3n) is 4.28. The van der Waals surface area contributed by atoms with E-state index in [0.717, 1.165) is 30.3 Å². The molecule has 1 atom stereocenters. The standard InChI is InChI=1S/C16H20BrNO2/c17-9-15-4-2-1-3-7-18(15)16(19)12-5-6-13-10-20-11-14(13)8-12/h5-6,8,15H,1-4,7,9-11H2. The van der Waals surface area contributed by atoms with Crippen molar-refractivity contribution in [2.45, 2.75) is 44.9 Å². The van der Waals surface area contributed by atoms with Crippen LogP contribution in [0.15, 0.2) is 18.2 Å². The smallest absolute Gasteiger partial charge is 0.254 e. The largest absolute Gasteiger partial charge is 0.372 e. The molecule has 1 saturated heterocycles. The summed E-state index contributed by atoms with van der Waals surface area (Å²) in [7, 11) is 0. The van der Waals surface area contributed by atoms with Gasteiger partial charge in [0.25, 0.3) is 5.91 Å². The Bertz CT molecular complexity index is 503. The van der Waals surface area contributed by atoms with Crippen LogP contribution in [0.4, 0.5) is 0 Å². The van der Waals surface area contributed by atoms with E-state index in [0.29, 0.717) is 19.3 Å². The van der Waals surface area contributed by atoms with E-state index in [1.165, 1.54) is 24.0 Å². The lowest BCUT2D eigenvalue weighted by Gasteiger charge is -2.29. The van der Waals surface area contributed by atoms with Crippen molar-refractivity contribution in [3.8, 4) is 0 Å². The molecule has 3 nitrogen and oxygen atoms in total. The third kappa shape index (κ3) is 2.77. The number of carbonyl (C=O) groups excluding carboxylic acids is 1. The molecule has 0 radical (unpaired) electrons. The lowest BCUT2D eigenvalue weighted by atomic mass is 10.0. The fourth-order valence-corrected chi connectivity index (χ4v) is 3.75. The van der Waals surface area contributed by atoms with Crippen LogP contribution in [0.25, 0.3) is 0 Å². The monoisotopic (exact) mass is 337 g/mol. The Hall–Kier alpha value is -0.870. The highest BCUT2D eigenvalue weighted by molar-refractivity contribution is 9.09. The van der Waals surface area contributed by atoms with Gasteiger partial charge in [0.05, 0.1) is 13.2 Å². The van der Waals surface area contributed by atoms with Crippen molar-refractivity contribution >= 4 is 21.8 Å². The predicted octanol–water partition coefficient (Wildman–Crippen LogP) is 3.50. The van der Waals surface area contributed by atoms with Gasteiger partial charge < -0.3 is 9.64 Å². The zero-order valence-corrected chi connectivity index (χ0v) is 13.2. The van der Waals surface area contributed by atoms with Crippen LogP contribution in [0.5, 0.6) is 0 Å². The van der Waals surface area contributed by atoms with E-state index < -0.39 is 0 Å². The quantitative estimate of drug-likeness (QED) is 0.773. The van der Waals surface area contributed by atoms with E-state index in [4.69, 9.17) is 4.74 Å². The average Bonchev–Trinajstić information content (AvgIpc) is 2.81. The summed E-state index contributed by atoms with van der Waals surface area (Å²) in [6, 6.07) is 6.33. The zero-order chi connectivity index (χ0) is 13.9. The van der Waals surface area contributed by atoms with Crippen molar-refractivity contribution in [3.63, 3.8) is 0 Å². The zero-order valence-electron chi connectivity index (χ0n) is 11.6. The number of hydrogen-bond acceptors (Lipinski definition) is 2. The van der Waals surface area contributed by atoms with Crippen molar-refractivity contribution in [2.24, 2.45) is 0 Å². The number of hydrogen-bond donors (Lipinski definition) is 0. The number of nitrogens with zero attached hydrogens (tertiary/aromatic N) is 1. The minimum absolute atomic E-state index is 0.172. The second-order valence-corrected chi connectivity index (χ2v) is 6.28. The van der Waals surface area contributed by atoms with Crippen molar-refractivity contribution in [2.75, 3.05) is 11.9 Å². The summed E-state index contributed by atoms with van der Waals surface area (Å²) < 4.78 is 5.43. The van der Waals surface area contributed by atoms with E-state index >= 15 is 0 Å². The summed E-state index contributed by atoms with van der Waals surface area (Å²) in [5, 5.41) is 0.868. The molecule has 2 aliphatic heterocycles. The molecule has 0 saturated carbocycles. The molecule has 20 heavy (non-hydrogen) atoms. The minimum Gasteiger partial charge on any atom is -0.372 e. The molecule has 1 unspecified atom stereocenters. The van der Waals surface area contributed by atoms with E-state index in [9.17, 15) is 4.79 Å². The predicted molar refractivity (Wildman–Crippen MR) is 82.0 cm³/mol. The maximum absolute atomic E-state index is 12.8. The molecule has 0 bridgehead atoms. The van der Waals surface area contributed by atoms with Gasteiger partial charge in [-0.2, -0.15) is 0 Å². The van der Waals surface area contributed by atoms with Crippen molar-refractivity contribution < 1.29 is 9.53 Å². The molecular formula is C16H20BrNO2. The Morgan fingerprint density at radius 2 is 2.10 bits per heavy atom. The van der Waals surface area contributed by atoms with Crippen molar-refractivity contribution in [3.05, 3.63) is 34.9 Å². The molecule has 2 heterocycles. The van der Waals surface area contributed by atoms with Gasteiger partial charge in [0.15, 0.2) is 0 Å². The minimum atomic E-state index is 0.172. The lowest BCUT2D eigenvalue weighted by Crippen LogP contribution is -2.41. The SMILES string of the molecule is O=C(c1ccc2c(c1)COC2)N1CCCCCC1CBr. The van der Waals surface area contributed by atoms with Crippen LogP contribution in [0, 0.1) is 0 Å². The van der Waals surface area contributed by atoms with E-state index in [1.807, 2.05) is 18.2 Å². The first-order chi connectivity index (χ1) is 9.79. The molecule has 0 aromatic heterocycles. The highest BCUT2D eigenvalue weighted by Crippen LogP contribution is 2.24. The third-order valence-corrected chi connectivity index (χ3v) is 5.03. The Morgan fingerprint density at radius 3 is 2.95 bits per heavy atom. The highest BCUT2D eigenvalue weighted by Gasteiger charge is 2.26. The second-order valence-electron chi connectivity index (χ2n) is 5.63. The molecule has 4 heteroatoms. The Kier molecular flexibility index (Phi) is 4.41. The van der Waals surface area contributed by atoms with Crippen LogP contribution < -0.4 is 0 Å². The van der Waals surface area contributed by atoms with Gasteiger partial charge in [0.1, 0.15) is 0 Å². The number of carbonyl (C=O) groups is 1. The van der Waals surface area contributed by atoms with Gasteiger partial charge >= 0.3 is 0 Å². The summed E-state index contributed by atoms with van der Waals surface area (Å²) >= 11 is 3.56. The average molecular weight is 338 g/mol. The maximum Gasteiger partial charge on any atom is 0.254 e. The van der Waals surface area contributed by atoms with Crippen LogP contribution in [-0.2, 0) is 18.0 Å². The van der Waals surface area contributed by atoms with E-state index in [2.05, 4.69) is 20.8 Å². The van der Waals surface area contributed by atoms with Crippen molar-refractivity contribution in [1.82, 2.24) is 4.90 Å². The maximum atomic E-state index is 12.8. The van der Waals surface area contributed by atoms with Gasteiger partial charge in [-0.25, -0.2) is 0 Å². The summed E-state index contributed by atoms with van der Waals surface area (Å²) in [5.41, 5.74) is 3.19. The molecule has 0 spiro atoms. The first-order valence-electron chi connectivity index (χ1n) is 7.36. The number of halogens is 1. The highest BCUT2D eigenvalue weighted by atomic mass is 79.9. The summed E-state index contributed by atoms with van der Waals surface area (Å²) in [4.78, 5) is 14.8. The Balaban J connectivity index is 1.83. The molecule has 108 valence electrons. The summed E-state index contributed by atoms with van der Waals surface area (Å²) in [5.74, 6) is 0.172. The lowest BCUT2D eigenvalue weighted by molar-refractivity contribution is 0.0702.